The maximum atomic E-state index is 13.2. The summed E-state index contributed by atoms with van der Waals surface area (Å²) >= 11 is 12.2. The number of furan rings is 1. The van der Waals surface area contributed by atoms with E-state index in [2.05, 4.69) is 0 Å². The molecule has 2 heterocycles. The van der Waals surface area contributed by atoms with Crippen LogP contribution in [0.2, 0.25) is 10.0 Å². The van der Waals surface area contributed by atoms with E-state index in [1.807, 2.05) is 19.1 Å². The SMILES string of the molecule is CCc1ccc2oc(-c3ccco3)c(OCc3ccc(Cl)cc3Cl)c(=O)c2c1. The average molecular weight is 415 g/mol. The van der Waals surface area contributed by atoms with Gasteiger partial charge in [0, 0.05) is 15.6 Å². The molecular weight excluding hydrogens is 399 g/mol. The van der Waals surface area contributed by atoms with Gasteiger partial charge < -0.3 is 13.6 Å². The molecule has 0 radical (unpaired) electrons. The van der Waals surface area contributed by atoms with E-state index in [0.717, 1.165) is 12.0 Å². The van der Waals surface area contributed by atoms with Crippen molar-refractivity contribution >= 4 is 34.2 Å². The van der Waals surface area contributed by atoms with Crippen LogP contribution in [0.3, 0.4) is 0 Å². The van der Waals surface area contributed by atoms with Crippen molar-refractivity contribution in [3.05, 3.63) is 86.2 Å². The highest BCUT2D eigenvalue weighted by Crippen LogP contribution is 2.32. The van der Waals surface area contributed by atoms with Gasteiger partial charge in [-0.25, -0.2) is 0 Å². The van der Waals surface area contributed by atoms with Crippen LogP contribution in [-0.2, 0) is 13.0 Å². The van der Waals surface area contributed by atoms with Gasteiger partial charge in [0.1, 0.15) is 12.2 Å². The van der Waals surface area contributed by atoms with Crippen molar-refractivity contribution < 1.29 is 13.6 Å². The lowest BCUT2D eigenvalue weighted by Crippen LogP contribution is -2.10. The molecule has 0 saturated heterocycles. The van der Waals surface area contributed by atoms with E-state index in [1.54, 1.807) is 36.4 Å². The molecule has 4 aromatic rings. The lowest BCUT2D eigenvalue weighted by Gasteiger charge is -2.12. The third kappa shape index (κ3) is 3.53. The molecule has 2 aromatic carbocycles. The lowest BCUT2D eigenvalue weighted by molar-refractivity contribution is 0.296. The van der Waals surface area contributed by atoms with Gasteiger partial charge in [-0.3, -0.25) is 4.79 Å². The Hall–Kier alpha value is -2.69. The van der Waals surface area contributed by atoms with E-state index < -0.39 is 0 Å². The topological polar surface area (TPSA) is 52.6 Å². The summed E-state index contributed by atoms with van der Waals surface area (Å²) in [5.74, 6) is 0.745. The van der Waals surface area contributed by atoms with Crippen molar-refractivity contribution in [1.29, 1.82) is 0 Å². The number of halogens is 2. The van der Waals surface area contributed by atoms with Gasteiger partial charge in [0.2, 0.25) is 16.9 Å². The first-order valence-corrected chi connectivity index (χ1v) is 9.52. The fourth-order valence-corrected chi connectivity index (χ4v) is 3.40. The zero-order valence-corrected chi connectivity index (χ0v) is 16.5. The maximum Gasteiger partial charge on any atom is 0.235 e. The first-order valence-electron chi connectivity index (χ1n) is 8.77. The third-order valence-corrected chi connectivity index (χ3v) is 5.04. The molecule has 4 nitrogen and oxygen atoms in total. The Bertz CT molecular complexity index is 1190. The van der Waals surface area contributed by atoms with Gasteiger partial charge in [0.15, 0.2) is 5.76 Å². The molecule has 0 saturated carbocycles. The van der Waals surface area contributed by atoms with Crippen molar-refractivity contribution in [2.45, 2.75) is 20.0 Å². The zero-order chi connectivity index (χ0) is 19.7. The summed E-state index contributed by atoms with van der Waals surface area (Å²) in [5, 5.41) is 1.46. The second kappa shape index (κ2) is 7.74. The lowest BCUT2D eigenvalue weighted by atomic mass is 10.1. The summed E-state index contributed by atoms with van der Waals surface area (Å²) in [6.45, 7) is 2.12. The molecule has 0 aliphatic heterocycles. The molecule has 0 atom stereocenters. The fourth-order valence-electron chi connectivity index (χ4n) is 2.93. The second-order valence-corrected chi connectivity index (χ2v) is 7.12. The summed E-state index contributed by atoms with van der Waals surface area (Å²) < 4.78 is 17.3. The Balaban J connectivity index is 1.83. The number of hydrogen-bond acceptors (Lipinski definition) is 4. The van der Waals surface area contributed by atoms with Gasteiger partial charge in [-0.15, -0.1) is 0 Å². The quantitative estimate of drug-likeness (QED) is 0.373. The highest BCUT2D eigenvalue weighted by atomic mass is 35.5. The summed E-state index contributed by atoms with van der Waals surface area (Å²) in [5.41, 5.74) is 1.97. The minimum absolute atomic E-state index is 0.0849. The molecule has 28 heavy (non-hydrogen) atoms. The highest BCUT2D eigenvalue weighted by Gasteiger charge is 2.20. The Morgan fingerprint density at radius 3 is 2.64 bits per heavy atom. The molecular formula is C22H16Cl2O4. The van der Waals surface area contributed by atoms with E-state index in [4.69, 9.17) is 36.8 Å². The number of fused-ring (bicyclic) bond motifs is 1. The first-order chi connectivity index (χ1) is 13.6. The Morgan fingerprint density at radius 1 is 1.07 bits per heavy atom. The monoisotopic (exact) mass is 414 g/mol. The highest BCUT2D eigenvalue weighted by molar-refractivity contribution is 6.35. The molecule has 4 rings (SSSR count). The van der Waals surface area contributed by atoms with Crippen LogP contribution in [0, 0.1) is 0 Å². The van der Waals surface area contributed by atoms with E-state index in [9.17, 15) is 4.79 Å². The standard InChI is InChI=1S/C22H16Cl2O4/c1-2-13-5-8-18-16(10-13)20(25)22(21(28-18)19-4-3-9-26-19)27-12-14-6-7-15(23)11-17(14)24/h3-11H,2,12H2,1H3. The van der Waals surface area contributed by atoms with Gasteiger partial charge in [-0.05, 0) is 48.4 Å². The van der Waals surface area contributed by atoms with Crippen molar-refractivity contribution in [3.8, 4) is 17.3 Å². The van der Waals surface area contributed by atoms with E-state index in [0.29, 0.717) is 32.3 Å². The normalized spacial score (nSPS) is 11.1. The molecule has 0 spiro atoms. The fraction of sp³-hybridized carbons (Fsp3) is 0.136. The Kier molecular flexibility index (Phi) is 5.16. The van der Waals surface area contributed by atoms with Gasteiger partial charge >= 0.3 is 0 Å². The summed E-state index contributed by atoms with van der Waals surface area (Å²) in [7, 11) is 0. The van der Waals surface area contributed by atoms with Crippen molar-refractivity contribution in [2.24, 2.45) is 0 Å². The molecule has 142 valence electrons. The minimum Gasteiger partial charge on any atom is -0.481 e. The molecule has 0 bridgehead atoms. The van der Waals surface area contributed by atoms with E-state index >= 15 is 0 Å². The van der Waals surface area contributed by atoms with Crippen LogP contribution in [-0.4, -0.2) is 0 Å². The van der Waals surface area contributed by atoms with E-state index in [1.165, 1.54) is 6.26 Å². The number of benzene rings is 2. The Morgan fingerprint density at radius 2 is 1.93 bits per heavy atom. The van der Waals surface area contributed by atoms with Gasteiger partial charge in [0.05, 0.1) is 11.6 Å². The van der Waals surface area contributed by atoms with Crippen LogP contribution < -0.4 is 10.2 Å². The number of aryl methyl sites for hydroxylation is 1. The molecule has 0 aliphatic carbocycles. The largest absolute Gasteiger partial charge is 0.481 e. The molecule has 0 amide bonds. The van der Waals surface area contributed by atoms with Gasteiger partial charge in [-0.1, -0.05) is 42.3 Å². The van der Waals surface area contributed by atoms with Crippen molar-refractivity contribution in [3.63, 3.8) is 0 Å². The van der Waals surface area contributed by atoms with Gasteiger partial charge in [-0.2, -0.15) is 0 Å². The molecule has 0 unspecified atom stereocenters. The first kappa shape index (κ1) is 18.7. The molecule has 0 aliphatic rings. The number of rotatable bonds is 5. The van der Waals surface area contributed by atoms with Crippen LogP contribution in [0.1, 0.15) is 18.1 Å². The van der Waals surface area contributed by atoms with Crippen LogP contribution in [0.25, 0.3) is 22.5 Å². The maximum absolute atomic E-state index is 13.2. The summed E-state index contributed by atoms with van der Waals surface area (Å²) in [6.07, 6.45) is 2.32. The predicted octanol–water partition coefficient (Wildman–Crippen LogP) is 6.50. The van der Waals surface area contributed by atoms with Crippen molar-refractivity contribution in [2.75, 3.05) is 0 Å². The predicted molar refractivity (Wildman–Crippen MR) is 110 cm³/mol. The van der Waals surface area contributed by atoms with Crippen LogP contribution in [0.15, 0.2) is 68.4 Å². The van der Waals surface area contributed by atoms with E-state index in [-0.39, 0.29) is 23.5 Å². The van der Waals surface area contributed by atoms with Gasteiger partial charge in [0.25, 0.3) is 0 Å². The zero-order valence-electron chi connectivity index (χ0n) is 15.0. The number of ether oxygens (including phenoxy) is 1. The third-order valence-electron chi connectivity index (χ3n) is 4.45. The van der Waals surface area contributed by atoms with Crippen LogP contribution in [0.5, 0.6) is 5.75 Å². The second-order valence-electron chi connectivity index (χ2n) is 6.28. The average Bonchev–Trinajstić information content (AvgIpc) is 3.22. The van der Waals surface area contributed by atoms with Crippen LogP contribution in [0.4, 0.5) is 0 Å². The molecule has 0 N–H and O–H groups in total. The smallest absolute Gasteiger partial charge is 0.235 e. The number of hydrogen-bond donors (Lipinski definition) is 0. The molecule has 6 heteroatoms. The summed E-state index contributed by atoms with van der Waals surface area (Å²) in [6, 6.07) is 14.1. The van der Waals surface area contributed by atoms with Crippen LogP contribution >= 0.6 is 23.2 Å². The summed E-state index contributed by atoms with van der Waals surface area (Å²) in [4.78, 5) is 13.2. The molecule has 0 fully saturated rings. The Labute approximate surface area is 171 Å². The van der Waals surface area contributed by atoms with Crippen molar-refractivity contribution in [1.82, 2.24) is 0 Å². The minimum atomic E-state index is -0.256. The molecule has 2 aromatic heterocycles.